The third-order valence-corrected chi connectivity index (χ3v) is 2.03. The van der Waals surface area contributed by atoms with E-state index >= 15 is 0 Å². The van der Waals surface area contributed by atoms with Crippen LogP contribution in [0.3, 0.4) is 0 Å². The third-order valence-electron chi connectivity index (χ3n) is 1.18. The molecule has 1 aliphatic carbocycles. The van der Waals surface area contributed by atoms with Crippen molar-refractivity contribution >= 4 is 23.2 Å². The van der Waals surface area contributed by atoms with Crippen molar-refractivity contribution in [3.05, 3.63) is 23.8 Å². The Hall–Kier alpha value is 0.774. The van der Waals surface area contributed by atoms with E-state index in [1.54, 1.807) is 6.08 Å². The first-order valence-electron chi connectivity index (χ1n) is 2.37. The van der Waals surface area contributed by atoms with Gasteiger partial charge in [-0.15, -0.1) is 0 Å². The van der Waals surface area contributed by atoms with E-state index < -0.39 is 4.33 Å². The van der Waals surface area contributed by atoms with Crippen LogP contribution in [0.25, 0.3) is 0 Å². The van der Waals surface area contributed by atoms with Crippen molar-refractivity contribution in [1.82, 2.24) is 0 Å². The second-order valence-corrected chi connectivity index (χ2v) is 3.22. The van der Waals surface area contributed by atoms with E-state index in [0.717, 1.165) is 5.57 Å². The smallest absolute Gasteiger partial charge is 0.0920 e. The predicted octanol–water partition coefficient (Wildman–Crippen LogP) is 2.67. The largest absolute Gasteiger partial charge is 0.157 e. The van der Waals surface area contributed by atoms with Gasteiger partial charge in [-0.05, 0) is 18.6 Å². The third kappa shape index (κ3) is 2.12. The molecule has 0 aromatic heterocycles. The normalized spacial score (nSPS) is 21.0. The summed E-state index contributed by atoms with van der Waals surface area (Å²) in [5.41, 5.74) is 0.987. The molecule has 0 heterocycles. The van der Waals surface area contributed by atoms with Gasteiger partial charge in [0.2, 0.25) is 0 Å². The molecular formula is C6H6Cl2Ti. The van der Waals surface area contributed by atoms with E-state index in [0.29, 0.717) is 0 Å². The fraction of sp³-hybridized carbons (Fsp3) is 0.333. The van der Waals surface area contributed by atoms with Crippen molar-refractivity contribution in [2.45, 2.75) is 11.3 Å². The number of hydrogen-bond donors (Lipinski definition) is 0. The Labute approximate surface area is 79.8 Å². The maximum atomic E-state index is 5.73. The fourth-order valence-electron chi connectivity index (χ4n) is 0.556. The molecule has 9 heavy (non-hydrogen) atoms. The molecule has 0 amide bonds. The molecule has 0 N–H and O–H groups in total. The molecule has 0 saturated carbocycles. The van der Waals surface area contributed by atoms with Crippen LogP contribution in [0.1, 0.15) is 6.92 Å². The quantitative estimate of drug-likeness (QED) is 0.413. The molecule has 0 aromatic rings. The molecule has 0 atom stereocenters. The van der Waals surface area contributed by atoms with Gasteiger partial charge in [-0.3, -0.25) is 0 Å². The van der Waals surface area contributed by atoms with Gasteiger partial charge < -0.3 is 0 Å². The van der Waals surface area contributed by atoms with Crippen LogP contribution < -0.4 is 0 Å². The molecule has 48 valence electrons. The zero-order valence-electron chi connectivity index (χ0n) is 4.99. The number of halogens is 2. The summed E-state index contributed by atoms with van der Waals surface area (Å²) >= 11 is 11.5. The summed E-state index contributed by atoms with van der Waals surface area (Å²) in [5, 5.41) is 0. The van der Waals surface area contributed by atoms with Gasteiger partial charge in [-0.2, -0.15) is 0 Å². The van der Waals surface area contributed by atoms with Crippen molar-refractivity contribution in [1.29, 1.82) is 0 Å². The van der Waals surface area contributed by atoms with E-state index in [9.17, 15) is 0 Å². The molecule has 1 rings (SSSR count). The Kier molecular flexibility index (Phi) is 3.53. The molecule has 1 aliphatic rings. The Morgan fingerprint density at radius 3 is 2.11 bits per heavy atom. The minimum absolute atomic E-state index is 0. The monoisotopic (exact) mass is 196 g/mol. The molecule has 0 spiro atoms. The molecule has 0 fully saturated rings. The molecule has 0 aromatic carbocycles. The van der Waals surface area contributed by atoms with E-state index in [4.69, 9.17) is 23.2 Å². The maximum Gasteiger partial charge on any atom is 0.157 e. The Morgan fingerprint density at radius 2 is 2.00 bits per heavy atom. The minimum Gasteiger partial charge on any atom is -0.0920 e. The van der Waals surface area contributed by atoms with Crippen LogP contribution >= 0.6 is 23.2 Å². The molecular weight excluding hydrogens is 191 g/mol. The van der Waals surface area contributed by atoms with Crippen LogP contribution in [-0.2, 0) is 21.7 Å². The average molecular weight is 197 g/mol. The topological polar surface area (TPSA) is 0 Å². The van der Waals surface area contributed by atoms with Crippen molar-refractivity contribution in [3.8, 4) is 0 Å². The Morgan fingerprint density at radius 1 is 1.44 bits per heavy atom. The number of rotatable bonds is 0. The summed E-state index contributed by atoms with van der Waals surface area (Å²) < 4.78 is -0.722. The molecule has 0 radical (unpaired) electrons. The van der Waals surface area contributed by atoms with E-state index in [-0.39, 0.29) is 21.7 Å². The van der Waals surface area contributed by atoms with Gasteiger partial charge in [0.05, 0.1) is 0 Å². The number of alkyl halides is 2. The van der Waals surface area contributed by atoms with Crippen LogP contribution in [-0.4, -0.2) is 4.33 Å². The SMILES string of the molecule is CC1=CC=CC1(Cl)Cl.[Ti]. The molecule has 3 heteroatoms. The zero-order chi connectivity index (χ0) is 6.20. The van der Waals surface area contributed by atoms with E-state index in [2.05, 4.69) is 0 Å². The summed E-state index contributed by atoms with van der Waals surface area (Å²) in [4.78, 5) is 0. The molecule has 0 saturated heterocycles. The first kappa shape index (κ1) is 9.77. The Bertz CT molecular complexity index is 158. The standard InChI is InChI=1S/C6H6Cl2.Ti/c1-5-3-2-4-6(5,7)8;/h2-4H,1H3;. The van der Waals surface area contributed by atoms with Crippen LogP contribution in [0, 0.1) is 0 Å². The molecule has 0 aliphatic heterocycles. The predicted molar refractivity (Wildman–Crippen MR) is 37.3 cm³/mol. The van der Waals surface area contributed by atoms with Crippen LogP contribution in [0.5, 0.6) is 0 Å². The summed E-state index contributed by atoms with van der Waals surface area (Å²) in [6.07, 6.45) is 5.51. The number of allylic oxidation sites excluding steroid dienone is 4. The van der Waals surface area contributed by atoms with Gasteiger partial charge >= 0.3 is 0 Å². The van der Waals surface area contributed by atoms with Crippen molar-refractivity contribution in [2.75, 3.05) is 0 Å². The maximum absolute atomic E-state index is 5.73. The fourth-order valence-corrected chi connectivity index (χ4v) is 0.827. The second-order valence-electron chi connectivity index (χ2n) is 1.83. The van der Waals surface area contributed by atoms with Gasteiger partial charge in [0.25, 0.3) is 0 Å². The first-order chi connectivity index (χ1) is 3.63. The van der Waals surface area contributed by atoms with Crippen molar-refractivity contribution in [3.63, 3.8) is 0 Å². The number of hydrogen-bond acceptors (Lipinski definition) is 0. The zero-order valence-corrected chi connectivity index (χ0v) is 8.06. The minimum atomic E-state index is -0.722. The summed E-state index contributed by atoms with van der Waals surface area (Å²) in [6.45, 7) is 1.90. The van der Waals surface area contributed by atoms with Crippen LogP contribution in [0.4, 0.5) is 0 Å². The summed E-state index contributed by atoms with van der Waals surface area (Å²) in [6, 6.07) is 0. The summed E-state index contributed by atoms with van der Waals surface area (Å²) in [7, 11) is 0. The van der Waals surface area contributed by atoms with Crippen LogP contribution in [0.15, 0.2) is 23.8 Å². The van der Waals surface area contributed by atoms with Gasteiger partial charge in [0.1, 0.15) is 0 Å². The average Bonchev–Trinajstić information content (AvgIpc) is 1.86. The Balaban J connectivity index is 0.000000640. The van der Waals surface area contributed by atoms with Crippen molar-refractivity contribution in [2.24, 2.45) is 0 Å². The molecule has 0 unspecified atom stereocenters. The molecule has 0 nitrogen and oxygen atoms in total. The van der Waals surface area contributed by atoms with E-state index in [1.807, 2.05) is 19.1 Å². The second kappa shape index (κ2) is 3.25. The van der Waals surface area contributed by atoms with Gasteiger partial charge in [0, 0.05) is 21.7 Å². The van der Waals surface area contributed by atoms with Gasteiger partial charge in [-0.25, -0.2) is 0 Å². The summed E-state index contributed by atoms with van der Waals surface area (Å²) in [5.74, 6) is 0. The van der Waals surface area contributed by atoms with Crippen molar-refractivity contribution < 1.29 is 21.7 Å². The van der Waals surface area contributed by atoms with E-state index in [1.165, 1.54) is 0 Å². The van der Waals surface area contributed by atoms with Gasteiger partial charge in [0.15, 0.2) is 4.33 Å². The van der Waals surface area contributed by atoms with Gasteiger partial charge in [-0.1, -0.05) is 35.4 Å². The van der Waals surface area contributed by atoms with Crippen LogP contribution in [0.2, 0.25) is 0 Å². The first-order valence-corrected chi connectivity index (χ1v) is 3.13. The molecule has 0 bridgehead atoms.